The number of carbonyl (C=O) groups is 1. The molecular weight excluding hydrogens is 136 g/mol. The summed E-state index contributed by atoms with van der Waals surface area (Å²) in [5.74, 6) is 0.182. The Kier molecular flexibility index (Phi) is 2.42. The van der Waals surface area contributed by atoms with Crippen molar-refractivity contribution in [1.29, 1.82) is 0 Å². The Morgan fingerprint density at radius 1 is 1.45 bits per heavy atom. The Balaban J connectivity index is 2.86. The highest BCUT2D eigenvalue weighted by atomic mass is 16.1. The minimum absolute atomic E-state index is 0.182. The van der Waals surface area contributed by atoms with Gasteiger partial charge in [0.2, 0.25) is 0 Å². The molecule has 0 fully saturated rings. The summed E-state index contributed by atoms with van der Waals surface area (Å²) in [5, 5.41) is 0. The summed E-state index contributed by atoms with van der Waals surface area (Å²) < 4.78 is 0. The molecule has 1 aromatic carbocycles. The molecule has 0 spiro atoms. The third kappa shape index (κ3) is 2.19. The van der Waals surface area contributed by atoms with Crippen molar-refractivity contribution in [2.75, 3.05) is 0 Å². The van der Waals surface area contributed by atoms with Crippen LogP contribution in [0.1, 0.15) is 18.1 Å². The van der Waals surface area contributed by atoms with Gasteiger partial charge in [0.15, 0.2) is 0 Å². The summed E-state index contributed by atoms with van der Waals surface area (Å²) in [6.07, 6.45) is 0.500. The first-order chi connectivity index (χ1) is 5.20. The molecule has 1 nitrogen and oxygen atoms in total. The molecule has 0 bridgehead atoms. The van der Waals surface area contributed by atoms with Gasteiger partial charge in [0.25, 0.3) is 0 Å². The van der Waals surface area contributed by atoms with Crippen molar-refractivity contribution < 1.29 is 4.79 Å². The van der Waals surface area contributed by atoms with Crippen LogP contribution in [-0.4, -0.2) is 5.78 Å². The monoisotopic (exact) mass is 147 g/mol. The maximum Gasteiger partial charge on any atom is 0.134 e. The molecule has 0 saturated carbocycles. The molecule has 0 amide bonds. The summed E-state index contributed by atoms with van der Waals surface area (Å²) in [6.45, 7) is 5.41. The van der Waals surface area contributed by atoms with Crippen LogP contribution >= 0.6 is 0 Å². The van der Waals surface area contributed by atoms with E-state index in [1.807, 2.05) is 24.3 Å². The predicted octanol–water partition coefficient (Wildman–Crippen LogP) is 2.00. The summed E-state index contributed by atoms with van der Waals surface area (Å²) in [7, 11) is 0. The predicted molar refractivity (Wildman–Crippen MR) is 45.3 cm³/mol. The fraction of sp³-hybridized carbons (Fsp3) is 0.200. The van der Waals surface area contributed by atoms with E-state index < -0.39 is 0 Å². The van der Waals surface area contributed by atoms with Crippen molar-refractivity contribution in [3.8, 4) is 0 Å². The molecule has 0 aliphatic heterocycles. The molecule has 1 rings (SSSR count). The highest BCUT2D eigenvalue weighted by molar-refractivity contribution is 5.78. The van der Waals surface area contributed by atoms with Crippen molar-refractivity contribution >= 4 is 5.78 Å². The van der Waals surface area contributed by atoms with E-state index in [0.29, 0.717) is 6.42 Å². The molecule has 0 atom stereocenters. The SMILES string of the molecule is [CH2]c1ccccc1CC(C)=O. The number of rotatable bonds is 2. The van der Waals surface area contributed by atoms with Crippen molar-refractivity contribution in [2.24, 2.45) is 0 Å². The molecule has 0 aromatic heterocycles. The average molecular weight is 147 g/mol. The van der Waals surface area contributed by atoms with Crippen molar-refractivity contribution in [3.63, 3.8) is 0 Å². The zero-order valence-electron chi connectivity index (χ0n) is 6.63. The molecule has 11 heavy (non-hydrogen) atoms. The molecule has 0 N–H and O–H groups in total. The molecule has 1 radical (unpaired) electrons. The minimum atomic E-state index is 0.182. The van der Waals surface area contributed by atoms with E-state index in [1.165, 1.54) is 0 Å². The lowest BCUT2D eigenvalue weighted by Gasteiger charge is -2.00. The van der Waals surface area contributed by atoms with E-state index in [1.54, 1.807) is 6.92 Å². The number of hydrogen-bond donors (Lipinski definition) is 0. The summed E-state index contributed by atoms with van der Waals surface area (Å²) in [4.78, 5) is 10.7. The van der Waals surface area contributed by atoms with Gasteiger partial charge in [-0.15, -0.1) is 0 Å². The first-order valence-corrected chi connectivity index (χ1v) is 3.59. The Morgan fingerprint density at radius 2 is 2.09 bits per heavy atom. The van der Waals surface area contributed by atoms with Crippen LogP contribution in [0.2, 0.25) is 0 Å². The number of carbonyl (C=O) groups excluding carboxylic acids is 1. The molecular formula is C10H11O. The maximum absolute atomic E-state index is 10.7. The molecule has 1 heteroatoms. The number of hydrogen-bond acceptors (Lipinski definition) is 1. The van der Waals surface area contributed by atoms with Gasteiger partial charge >= 0.3 is 0 Å². The number of Topliss-reactive ketones (excluding diaryl/α,β-unsaturated/α-hetero) is 1. The van der Waals surface area contributed by atoms with Gasteiger partial charge in [-0.1, -0.05) is 24.3 Å². The standard InChI is InChI=1S/C10H11O/c1-8-5-3-4-6-10(8)7-9(2)11/h3-6H,1,7H2,2H3. The van der Waals surface area contributed by atoms with Crippen LogP contribution in [0.3, 0.4) is 0 Å². The van der Waals surface area contributed by atoms with Gasteiger partial charge in [-0.3, -0.25) is 4.79 Å². The van der Waals surface area contributed by atoms with Gasteiger partial charge in [0.1, 0.15) is 5.78 Å². The molecule has 0 heterocycles. The highest BCUT2D eigenvalue weighted by Gasteiger charge is 1.98. The second kappa shape index (κ2) is 3.33. The maximum atomic E-state index is 10.7. The van der Waals surface area contributed by atoms with Gasteiger partial charge in [-0.25, -0.2) is 0 Å². The number of benzene rings is 1. The fourth-order valence-corrected chi connectivity index (χ4v) is 0.998. The van der Waals surface area contributed by atoms with E-state index in [2.05, 4.69) is 6.92 Å². The third-order valence-electron chi connectivity index (χ3n) is 1.56. The van der Waals surface area contributed by atoms with Gasteiger partial charge < -0.3 is 0 Å². The Labute approximate surface area is 67.1 Å². The molecule has 0 aliphatic carbocycles. The van der Waals surface area contributed by atoms with E-state index in [-0.39, 0.29) is 5.78 Å². The fourth-order valence-electron chi connectivity index (χ4n) is 0.998. The average Bonchev–Trinajstić information content (AvgIpc) is 1.93. The van der Waals surface area contributed by atoms with Gasteiger partial charge in [0, 0.05) is 6.42 Å². The zero-order chi connectivity index (χ0) is 8.27. The molecule has 0 saturated heterocycles. The van der Waals surface area contributed by atoms with Crippen LogP contribution in [0, 0.1) is 6.92 Å². The molecule has 0 unspecified atom stereocenters. The highest BCUT2D eigenvalue weighted by Crippen LogP contribution is 2.07. The third-order valence-corrected chi connectivity index (χ3v) is 1.56. The topological polar surface area (TPSA) is 17.1 Å². The van der Waals surface area contributed by atoms with Crippen LogP contribution in [0.5, 0.6) is 0 Å². The Hall–Kier alpha value is -1.11. The number of ketones is 1. The molecule has 0 aliphatic rings. The lowest BCUT2D eigenvalue weighted by molar-refractivity contribution is -0.116. The van der Waals surface area contributed by atoms with Crippen molar-refractivity contribution in [1.82, 2.24) is 0 Å². The summed E-state index contributed by atoms with van der Waals surface area (Å²) in [6, 6.07) is 7.70. The van der Waals surface area contributed by atoms with E-state index in [9.17, 15) is 4.79 Å². The molecule has 57 valence electrons. The van der Waals surface area contributed by atoms with Crippen LogP contribution in [0.4, 0.5) is 0 Å². The van der Waals surface area contributed by atoms with Crippen molar-refractivity contribution in [3.05, 3.63) is 42.3 Å². The summed E-state index contributed by atoms with van der Waals surface area (Å²) in [5.41, 5.74) is 1.97. The van der Waals surface area contributed by atoms with Crippen LogP contribution in [0.25, 0.3) is 0 Å². The van der Waals surface area contributed by atoms with Crippen LogP contribution in [-0.2, 0) is 11.2 Å². The van der Waals surface area contributed by atoms with E-state index >= 15 is 0 Å². The second-order valence-corrected chi connectivity index (χ2v) is 2.65. The van der Waals surface area contributed by atoms with E-state index in [0.717, 1.165) is 11.1 Å². The lowest BCUT2D eigenvalue weighted by atomic mass is 10.0. The van der Waals surface area contributed by atoms with Crippen LogP contribution in [0.15, 0.2) is 24.3 Å². The van der Waals surface area contributed by atoms with Crippen molar-refractivity contribution in [2.45, 2.75) is 13.3 Å². The first kappa shape index (κ1) is 7.99. The normalized spacial score (nSPS) is 9.64. The summed E-state index contributed by atoms with van der Waals surface area (Å²) >= 11 is 0. The second-order valence-electron chi connectivity index (χ2n) is 2.65. The van der Waals surface area contributed by atoms with Crippen LogP contribution < -0.4 is 0 Å². The molecule has 1 aromatic rings. The Morgan fingerprint density at radius 3 is 2.64 bits per heavy atom. The largest absolute Gasteiger partial charge is 0.300 e. The minimum Gasteiger partial charge on any atom is -0.300 e. The van der Waals surface area contributed by atoms with Gasteiger partial charge in [0.05, 0.1) is 0 Å². The zero-order valence-corrected chi connectivity index (χ0v) is 6.63. The first-order valence-electron chi connectivity index (χ1n) is 3.59. The van der Waals surface area contributed by atoms with Gasteiger partial charge in [-0.05, 0) is 25.0 Å². The lowest BCUT2D eigenvalue weighted by Crippen LogP contribution is -1.97. The van der Waals surface area contributed by atoms with E-state index in [4.69, 9.17) is 0 Å². The Bertz CT molecular complexity index is 263. The quantitative estimate of drug-likeness (QED) is 0.625. The smallest absolute Gasteiger partial charge is 0.134 e. The van der Waals surface area contributed by atoms with Gasteiger partial charge in [-0.2, -0.15) is 0 Å².